The lowest BCUT2D eigenvalue weighted by molar-refractivity contribution is -0.384. The molecule has 1 N–H and O–H groups in total. The van der Waals surface area contributed by atoms with Gasteiger partial charge in [0.2, 0.25) is 0 Å². The maximum atomic E-state index is 10.8. The zero-order valence-electron chi connectivity index (χ0n) is 9.98. The van der Waals surface area contributed by atoms with Gasteiger partial charge in [0, 0.05) is 12.1 Å². The molecule has 8 nitrogen and oxygen atoms in total. The van der Waals surface area contributed by atoms with Crippen LogP contribution in [0.5, 0.6) is 0 Å². The molecule has 8 heteroatoms. The van der Waals surface area contributed by atoms with Crippen molar-refractivity contribution in [3.05, 3.63) is 51.3 Å². The molecule has 0 bridgehead atoms. The molecular weight excluding hydrogens is 252 g/mol. The minimum absolute atomic E-state index is 0.0197. The lowest BCUT2D eigenvalue weighted by atomic mass is 10.2. The highest BCUT2D eigenvalue weighted by atomic mass is 16.6. The average molecular weight is 262 g/mol. The Labute approximate surface area is 107 Å². The molecule has 0 aliphatic rings. The van der Waals surface area contributed by atoms with Crippen LogP contribution in [0.1, 0.15) is 21.7 Å². The SMILES string of the molecule is Cc1c(C(=O)O)nnn1Cc1cccc([N+](=O)[O-])c1. The van der Waals surface area contributed by atoms with Crippen molar-refractivity contribution in [3.63, 3.8) is 0 Å². The Bertz CT molecular complexity index is 650. The smallest absolute Gasteiger partial charge is 0.358 e. The number of hydrogen-bond acceptors (Lipinski definition) is 5. The maximum absolute atomic E-state index is 10.8. The van der Waals surface area contributed by atoms with Gasteiger partial charge in [0.15, 0.2) is 5.69 Å². The third-order valence-electron chi connectivity index (χ3n) is 2.64. The van der Waals surface area contributed by atoms with Crippen molar-refractivity contribution in [3.8, 4) is 0 Å². The first-order chi connectivity index (χ1) is 8.99. The van der Waals surface area contributed by atoms with E-state index >= 15 is 0 Å². The predicted octanol–water partition coefficient (Wildman–Crippen LogP) is 1.24. The molecule has 98 valence electrons. The number of hydrogen-bond donors (Lipinski definition) is 1. The maximum Gasteiger partial charge on any atom is 0.358 e. The predicted molar refractivity (Wildman–Crippen MR) is 63.9 cm³/mol. The van der Waals surface area contributed by atoms with Gasteiger partial charge in [-0.15, -0.1) is 5.10 Å². The van der Waals surface area contributed by atoms with Crippen molar-refractivity contribution >= 4 is 11.7 Å². The second-order valence-electron chi connectivity index (χ2n) is 3.91. The minimum Gasteiger partial charge on any atom is -0.476 e. The number of carboxylic acid groups (broad SMARTS) is 1. The highest BCUT2D eigenvalue weighted by molar-refractivity contribution is 5.86. The Morgan fingerprint density at radius 3 is 2.84 bits per heavy atom. The van der Waals surface area contributed by atoms with Gasteiger partial charge in [-0.2, -0.15) is 0 Å². The molecule has 1 heterocycles. The Morgan fingerprint density at radius 1 is 1.53 bits per heavy atom. The van der Waals surface area contributed by atoms with E-state index in [-0.39, 0.29) is 17.9 Å². The second kappa shape index (κ2) is 4.84. The molecule has 0 atom stereocenters. The van der Waals surface area contributed by atoms with Crippen LogP contribution in [-0.4, -0.2) is 31.0 Å². The van der Waals surface area contributed by atoms with Gasteiger partial charge in [0.1, 0.15) is 0 Å². The number of aromatic nitrogens is 3. The number of aromatic carboxylic acids is 1. The van der Waals surface area contributed by atoms with Gasteiger partial charge in [0.25, 0.3) is 5.69 Å². The third kappa shape index (κ3) is 2.57. The lowest BCUT2D eigenvalue weighted by Crippen LogP contribution is -2.06. The van der Waals surface area contributed by atoms with E-state index in [9.17, 15) is 14.9 Å². The number of nitrogens with zero attached hydrogens (tertiary/aromatic N) is 4. The largest absolute Gasteiger partial charge is 0.476 e. The van der Waals surface area contributed by atoms with Crippen molar-refractivity contribution < 1.29 is 14.8 Å². The summed E-state index contributed by atoms with van der Waals surface area (Å²) in [6, 6.07) is 6.08. The van der Waals surface area contributed by atoms with E-state index in [2.05, 4.69) is 10.3 Å². The van der Waals surface area contributed by atoms with Gasteiger partial charge < -0.3 is 5.11 Å². The molecule has 0 amide bonds. The fraction of sp³-hybridized carbons (Fsp3) is 0.182. The van der Waals surface area contributed by atoms with Crippen LogP contribution in [-0.2, 0) is 6.54 Å². The van der Waals surface area contributed by atoms with Crippen molar-refractivity contribution in [2.75, 3.05) is 0 Å². The van der Waals surface area contributed by atoms with Crippen LogP contribution in [0.25, 0.3) is 0 Å². The monoisotopic (exact) mass is 262 g/mol. The first-order valence-electron chi connectivity index (χ1n) is 5.35. The fourth-order valence-corrected chi connectivity index (χ4v) is 1.65. The summed E-state index contributed by atoms with van der Waals surface area (Å²) in [7, 11) is 0. The number of non-ortho nitro benzene ring substituents is 1. The fourth-order valence-electron chi connectivity index (χ4n) is 1.65. The number of rotatable bonds is 4. The zero-order chi connectivity index (χ0) is 14.0. The molecule has 0 saturated heterocycles. The van der Waals surface area contributed by atoms with Crippen molar-refractivity contribution in [1.29, 1.82) is 0 Å². The molecule has 2 aromatic rings. The summed E-state index contributed by atoms with van der Waals surface area (Å²) < 4.78 is 1.39. The zero-order valence-corrected chi connectivity index (χ0v) is 9.98. The van der Waals surface area contributed by atoms with Gasteiger partial charge in [-0.1, -0.05) is 17.3 Å². The van der Waals surface area contributed by atoms with Crippen LogP contribution in [0.15, 0.2) is 24.3 Å². The molecule has 0 radical (unpaired) electrons. The van der Waals surface area contributed by atoms with E-state index in [1.54, 1.807) is 19.1 Å². The molecule has 0 unspecified atom stereocenters. The first-order valence-corrected chi connectivity index (χ1v) is 5.35. The standard InChI is InChI=1S/C11H10N4O4/c1-7-10(11(16)17)12-13-14(7)6-8-3-2-4-9(5-8)15(18)19/h2-5H,6H2,1H3,(H,16,17). The molecule has 1 aromatic heterocycles. The molecule has 1 aromatic carbocycles. The summed E-state index contributed by atoms with van der Waals surface area (Å²) in [5, 5.41) is 26.8. The van der Waals surface area contributed by atoms with Crippen molar-refractivity contribution in [2.45, 2.75) is 13.5 Å². The number of carbonyl (C=O) groups is 1. The Morgan fingerprint density at radius 2 is 2.26 bits per heavy atom. The molecule has 0 spiro atoms. The average Bonchev–Trinajstić information content (AvgIpc) is 2.71. The van der Waals surface area contributed by atoms with Crippen LogP contribution < -0.4 is 0 Å². The van der Waals surface area contributed by atoms with Gasteiger partial charge in [-0.05, 0) is 12.5 Å². The van der Waals surface area contributed by atoms with E-state index in [1.807, 2.05) is 0 Å². The third-order valence-corrected chi connectivity index (χ3v) is 2.64. The number of nitro groups is 1. The van der Waals surface area contributed by atoms with E-state index < -0.39 is 10.9 Å². The van der Waals surface area contributed by atoms with E-state index in [1.165, 1.54) is 16.8 Å². The van der Waals surface area contributed by atoms with Crippen LogP contribution in [0.3, 0.4) is 0 Å². The summed E-state index contributed by atoms with van der Waals surface area (Å²) in [5.74, 6) is -1.15. The summed E-state index contributed by atoms with van der Waals surface area (Å²) >= 11 is 0. The van der Waals surface area contributed by atoms with Crippen LogP contribution in [0.4, 0.5) is 5.69 Å². The van der Waals surface area contributed by atoms with Crippen LogP contribution in [0, 0.1) is 17.0 Å². The van der Waals surface area contributed by atoms with E-state index in [4.69, 9.17) is 5.11 Å². The molecule has 0 aliphatic heterocycles. The molecule has 0 fully saturated rings. The summed E-state index contributed by atoms with van der Waals surface area (Å²) in [4.78, 5) is 21.0. The Hall–Kier alpha value is -2.77. The minimum atomic E-state index is -1.15. The highest BCUT2D eigenvalue weighted by Crippen LogP contribution is 2.15. The van der Waals surface area contributed by atoms with Gasteiger partial charge in [-0.3, -0.25) is 10.1 Å². The molecule has 19 heavy (non-hydrogen) atoms. The number of nitro benzene ring substituents is 1. The molecule has 2 rings (SSSR count). The highest BCUT2D eigenvalue weighted by Gasteiger charge is 2.15. The number of carboxylic acids is 1. The Kier molecular flexibility index (Phi) is 3.23. The normalized spacial score (nSPS) is 10.4. The first kappa shape index (κ1) is 12.7. The van der Waals surface area contributed by atoms with Gasteiger partial charge in [0.05, 0.1) is 17.2 Å². The lowest BCUT2D eigenvalue weighted by Gasteiger charge is -2.03. The Balaban J connectivity index is 2.29. The van der Waals surface area contributed by atoms with Crippen LogP contribution in [0.2, 0.25) is 0 Å². The second-order valence-corrected chi connectivity index (χ2v) is 3.91. The molecule has 0 saturated carbocycles. The van der Waals surface area contributed by atoms with Gasteiger partial charge in [-0.25, -0.2) is 9.48 Å². The topological polar surface area (TPSA) is 111 Å². The summed E-state index contributed by atoms with van der Waals surface area (Å²) in [6.07, 6.45) is 0. The van der Waals surface area contributed by atoms with Crippen molar-refractivity contribution in [2.24, 2.45) is 0 Å². The number of benzene rings is 1. The molecular formula is C11H10N4O4. The summed E-state index contributed by atoms with van der Waals surface area (Å²) in [5.41, 5.74) is 0.914. The van der Waals surface area contributed by atoms with E-state index in [0.29, 0.717) is 11.3 Å². The van der Waals surface area contributed by atoms with Crippen LogP contribution >= 0.6 is 0 Å². The van der Waals surface area contributed by atoms with Gasteiger partial charge >= 0.3 is 5.97 Å². The van der Waals surface area contributed by atoms with Crippen molar-refractivity contribution in [1.82, 2.24) is 15.0 Å². The molecule has 0 aliphatic carbocycles. The van der Waals surface area contributed by atoms with E-state index in [0.717, 1.165) is 0 Å². The quantitative estimate of drug-likeness (QED) is 0.655. The summed E-state index contributed by atoms with van der Waals surface area (Å²) in [6.45, 7) is 1.81.